The van der Waals surface area contributed by atoms with Gasteiger partial charge in [-0.05, 0) is 70.5 Å². The van der Waals surface area contributed by atoms with Gasteiger partial charge < -0.3 is 5.11 Å². The summed E-state index contributed by atoms with van der Waals surface area (Å²) < 4.78 is 13.6. The highest BCUT2D eigenvalue weighted by Gasteiger charge is 2.15. The summed E-state index contributed by atoms with van der Waals surface area (Å²) in [5, 5.41) is 9.36. The number of halogens is 2. The molecule has 126 valence electrons. The van der Waals surface area contributed by atoms with Crippen molar-refractivity contribution in [3.05, 3.63) is 89.5 Å². The first kappa shape index (κ1) is 17.4. The Labute approximate surface area is 156 Å². The van der Waals surface area contributed by atoms with Crippen molar-refractivity contribution >= 4 is 22.6 Å². The molecule has 0 radical (unpaired) electrons. The molecule has 1 N–H and O–H groups in total. The van der Waals surface area contributed by atoms with Crippen molar-refractivity contribution in [3.8, 4) is 16.9 Å². The number of phenolic OH excluding ortho intramolecular Hbond substituents is 1. The number of aryl methyl sites for hydroxylation is 1. The molecular formula is C21H17BrFNO. The topological polar surface area (TPSA) is 33.1 Å². The fourth-order valence-corrected chi connectivity index (χ4v) is 3.22. The largest absolute Gasteiger partial charge is 0.505 e. The van der Waals surface area contributed by atoms with Gasteiger partial charge in [-0.3, -0.25) is 4.98 Å². The van der Waals surface area contributed by atoms with Gasteiger partial charge >= 0.3 is 0 Å². The molecule has 0 amide bonds. The van der Waals surface area contributed by atoms with E-state index in [1.165, 1.54) is 28.8 Å². The van der Waals surface area contributed by atoms with E-state index in [-0.39, 0.29) is 22.7 Å². The number of rotatable bonds is 2. The van der Waals surface area contributed by atoms with E-state index in [0.29, 0.717) is 0 Å². The number of phenols is 1. The summed E-state index contributed by atoms with van der Waals surface area (Å²) in [6, 6.07) is 14.8. The summed E-state index contributed by atoms with van der Waals surface area (Å²) in [5.74, 6) is -0.915. The van der Waals surface area contributed by atoms with Crippen molar-refractivity contribution in [1.29, 1.82) is 0 Å². The number of pyridine rings is 1. The molecule has 4 rings (SSSR count). The van der Waals surface area contributed by atoms with E-state index < -0.39 is 5.82 Å². The molecule has 2 aromatic carbocycles. The van der Waals surface area contributed by atoms with Gasteiger partial charge in [-0.25, -0.2) is 4.39 Å². The second kappa shape index (κ2) is 7.19. The van der Waals surface area contributed by atoms with Crippen molar-refractivity contribution in [2.24, 2.45) is 0 Å². The van der Waals surface area contributed by atoms with Crippen molar-refractivity contribution in [3.63, 3.8) is 0 Å². The molecule has 4 heteroatoms. The summed E-state index contributed by atoms with van der Waals surface area (Å²) in [5.41, 5.74) is 6.60. The highest BCUT2D eigenvalue weighted by atomic mass is 79.9. The summed E-state index contributed by atoms with van der Waals surface area (Å²) in [7, 11) is 0. The van der Waals surface area contributed by atoms with Crippen LogP contribution in [-0.4, -0.2) is 10.1 Å². The first-order valence-corrected chi connectivity index (χ1v) is 7.95. The average Bonchev–Trinajstić information content (AvgIpc) is 2.64. The molecule has 2 nitrogen and oxygen atoms in total. The molecule has 1 aliphatic rings. The zero-order chi connectivity index (χ0) is 16.5. The van der Waals surface area contributed by atoms with Gasteiger partial charge in [0, 0.05) is 12.4 Å². The van der Waals surface area contributed by atoms with Gasteiger partial charge in [0.2, 0.25) is 0 Å². The van der Waals surface area contributed by atoms with Crippen LogP contribution in [0.3, 0.4) is 0 Å². The molecular weight excluding hydrogens is 381 g/mol. The molecule has 0 bridgehead atoms. The molecule has 0 atom stereocenters. The van der Waals surface area contributed by atoms with Crippen LogP contribution in [-0.2, 0) is 6.42 Å². The van der Waals surface area contributed by atoms with Crippen molar-refractivity contribution in [1.82, 2.24) is 4.98 Å². The zero-order valence-corrected chi connectivity index (χ0v) is 15.2. The van der Waals surface area contributed by atoms with Crippen LogP contribution in [0.25, 0.3) is 16.7 Å². The fraction of sp³-hybridized carbons (Fsp3) is 0.0952. The first-order chi connectivity index (χ1) is 11.7. The van der Waals surface area contributed by atoms with E-state index in [1.54, 1.807) is 18.5 Å². The number of aromatic nitrogens is 1. The molecule has 1 aliphatic carbocycles. The van der Waals surface area contributed by atoms with Gasteiger partial charge in [0.1, 0.15) is 0 Å². The van der Waals surface area contributed by atoms with Gasteiger partial charge in [0.25, 0.3) is 0 Å². The van der Waals surface area contributed by atoms with Gasteiger partial charge in [0.05, 0.1) is 0 Å². The summed E-state index contributed by atoms with van der Waals surface area (Å²) in [6.07, 6.45) is 7.82. The summed E-state index contributed by atoms with van der Waals surface area (Å²) in [4.78, 5) is 4.08. The number of fused-ring (bicyclic) bond motifs is 1. The van der Waals surface area contributed by atoms with Crippen LogP contribution >= 0.6 is 17.0 Å². The smallest absolute Gasteiger partial charge is 0.165 e. The van der Waals surface area contributed by atoms with Crippen LogP contribution in [0.15, 0.2) is 67.0 Å². The summed E-state index contributed by atoms with van der Waals surface area (Å²) >= 11 is 0. The number of aromatic hydroxyl groups is 1. The number of nitrogens with zero attached hydrogens (tertiary/aromatic N) is 1. The second-order valence-electron chi connectivity index (χ2n) is 5.93. The van der Waals surface area contributed by atoms with E-state index >= 15 is 0 Å². The third-order valence-electron chi connectivity index (χ3n) is 4.43. The van der Waals surface area contributed by atoms with E-state index in [9.17, 15) is 9.50 Å². The Balaban J connectivity index is 0.00000182. The highest BCUT2D eigenvalue weighted by Crippen LogP contribution is 2.34. The lowest BCUT2D eigenvalue weighted by Gasteiger charge is -2.19. The van der Waals surface area contributed by atoms with Crippen LogP contribution in [0.1, 0.15) is 23.1 Å². The Kier molecular flexibility index (Phi) is 5.00. The number of hydrogen-bond acceptors (Lipinski definition) is 2. The lowest BCUT2D eigenvalue weighted by Crippen LogP contribution is -2.01. The minimum Gasteiger partial charge on any atom is -0.505 e. The first-order valence-electron chi connectivity index (χ1n) is 7.95. The molecule has 0 saturated heterocycles. The molecule has 1 heterocycles. The van der Waals surface area contributed by atoms with E-state index in [2.05, 4.69) is 23.2 Å². The number of hydrogen-bond donors (Lipinski definition) is 1. The summed E-state index contributed by atoms with van der Waals surface area (Å²) in [6.45, 7) is 0. The minimum atomic E-state index is -0.595. The highest BCUT2D eigenvalue weighted by molar-refractivity contribution is 8.93. The van der Waals surface area contributed by atoms with E-state index in [0.717, 1.165) is 29.5 Å². The van der Waals surface area contributed by atoms with Crippen LogP contribution < -0.4 is 0 Å². The third-order valence-corrected chi connectivity index (χ3v) is 4.43. The van der Waals surface area contributed by atoms with Crippen molar-refractivity contribution in [2.75, 3.05) is 0 Å². The minimum absolute atomic E-state index is 0. The predicted octanol–water partition coefficient (Wildman–Crippen LogP) is 5.55. The SMILES string of the molecule is Br.Oc1ccc(-c2ccc3c(c2)CCC=C3c2ccncc2)cc1F. The molecule has 0 aliphatic heterocycles. The Morgan fingerprint density at radius 3 is 2.36 bits per heavy atom. The molecule has 25 heavy (non-hydrogen) atoms. The standard InChI is InChI=1S/C21H16FNO.BrH/c22-20-13-16(5-7-21(20)24)15-4-6-19-17(12-15)2-1-3-18(19)14-8-10-23-11-9-14;/h3-13,24H,1-2H2;1H. The Bertz CT molecular complexity index is 938. The van der Waals surface area contributed by atoms with E-state index in [4.69, 9.17) is 0 Å². The zero-order valence-electron chi connectivity index (χ0n) is 13.4. The molecule has 0 saturated carbocycles. The van der Waals surface area contributed by atoms with Crippen LogP contribution in [0, 0.1) is 5.82 Å². The van der Waals surface area contributed by atoms with Crippen molar-refractivity contribution in [2.45, 2.75) is 12.8 Å². The van der Waals surface area contributed by atoms with Crippen LogP contribution in [0.4, 0.5) is 4.39 Å². The Morgan fingerprint density at radius 1 is 0.880 bits per heavy atom. The van der Waals surface area contributed by atoms with Crippen LogP contribution in [0.5, 0.6) is 5.75 Å². The van der Waals surface area contributed by atoms with Gasteiger partial charge in [-0.1, -0.05) is 30.3 Å². The Morgan fingerprint density at radius 2 is 1.60 bits per heavy atom. The van der Waals surface area contributed by atoms with E-state index in [1.807, 2.05) is 18.2 Å². The van der Waals surface area contributed by atoms with Gasteiger partial charge in [-0.15, -0.1) is 17.0 Å². The number of allylic oxidation sites excluding steroid dienone is 1. The van der Waals surface area contributed by atoms with Gasteiger partial charge in [-0.2, -0.15) is 0 Å². The molecule has 1 aromatic heterocycles. The molecule has 0 unspecified atom stereocenters. The quantitative estimate of drug-likeness (QED) is 0.614. The maximum atomic E-state index is 13.6. The maximum absolute atomic E-state index is 13.6. The third kappa shape index (κ3) is 3.35. The molecule has 0 fully saturated rings. The molecule has 3 aromatic rings. The lowest BCUT2D eigenvalue weighted by molar-refractivity contribution is 0.432. The maximum Gasteiger partial charge on any atom is 0.165 e. The predicted molar refractivity (Wildman–Crippen MR) is 103 cm³/mol. The number of benzene rings is 2. The van der Waals surface area contributed by atoms with Gasteiger partial charge in [0.15, 0.2) is 11.6 Å². The Hall–Kier alpha value is -2.46. The van der Waals surface area contributed by atoms with Crippen molar-refractivity contribution < 1.29 is 9.50 Å². The fourth-order valence-electron chi connectivity index (χ4n) is 3.22. The normalized spacial score (nSPS) is 12.8. The average molecular weight is 398 g/mol. The monoisotopic (exact) mass is 397 g/mol. The van der Waals surface area contributed by atoms with Crippen LogP contribution in [0.2, 0.25) is 0 Å². The second-order valence-corrected chi connectivity index (χ2v) is 5.93. The molecule has 0 spiro atoms. The lowest BCUT2D eigenvalue weighted by atomic mass is 9.85.